The van der Waals surface area contributed by atoms with E-state index >= 15 is 0 Å². The van der Waals surface area contributed by atoms with Crippen LogP contribution in [0.1, 0.15) is 42.7 Å². The monoisotopic (exact) mass is 502 g/mol. The molecule has 2 fully saturated rings. The Morgan fingerprint density at radius 1 is 1.09 bits per heavy atom. The van der Waals surface area contributed by atoms with Gasteiger partial charge in [-0.05, 0) is 55.0 Å². The number of piperidine rings is 1. The highest BCUT2D eigenvalue weighted by molar-refractivity contribution is 6.31. The van der Waals surface area contributed by atoms with Crippen molar-refractivity contribution in [2.24, 2.45) is 11.8 Å². The summed E-state index contributed by atoms with van der Waals surface area (Å²) in [6, 6.07) is 12.2. The van der Waals surface area contributed by atoms with Gasteiger partial charge in [0.15, 0.2) is 5.54 Å². The first-order valence-electron chi connectivity index (χ1n) is 11.3. The van der Waals surface area contributed by atoms with E-state index < -0.39 is 36.0 Å². The summed E-state index contributed by atoms with van der Waals surface area (Å²) in [4.78, 5) is 42.5. The third-order valence-corrected chi connectivity index (χ3v) is 7.72. The van der Waals surface area contributed by atoms with Crippen LogP contribution < -0.4 is 4.90 Å². The highest BCUT2D eigenvalue weighted by atomic mass is 35.5. The molecule has 7 nitrogen and oxygen atoms in total. The largest absolute Gasteiger partial charge is 0.481 e. The van der Waals surface area contributed by atoms with E-state index in [1.807, 2.05) is 6.07 Å². The number of hydrogen-bond donors (Lipinski definition) is 2. The summed E-state index contributed by atoms with van der Waals surface area (Å²) in [6.45, 7) is -0.223. The van der Waals surface area contributed by atoms with E-state index in [4.69, 9.17) is 23.2 Å². The number of likely N-dealkylation sites (tertiary alicyclic amines) is 1. The van der Waals surface area contributed by atoms with Gasteiger partial charge in [0, 0.05) is 34.0 Å². The van der Waals surface area contributed by atoms with Gasteiger partial charge in [-0.2, -0.15) is 0 Å². The van der Waals surface area contributed by atoms with Crippen LogP contribution in [0.4, 0.5) is 5.69 Å². The van der Waals surface area contributed by atoms with Crippen molar-refractivity contribution in [3.8, 4) is 0 Å². The fourth-order valence-corrected chi connectivity index (χ4v) is 6.00. The third kappa shape index (κ3) is 3.58. The molecule has 1 aliphatic carbocycles. The summed E-state index contributed by atoms with van der Waals surface area (Å²) in [7, 11) is 0. The number of carbonyl (C=O) groups excluding carboxylic acids is 2. The van der Waals surface area contributed by atoms with Gasteiger partial charge in [0.05, 0.1) is 12.1 Å². The summed E-state index contributed by atoms with van der Waals surface area (Å²) in [5.41, 5.74) is 0.355. The Bertz CT molecular complexity index is 1180. The quantitative estimate of drug-likeness (QED) is 0.621. The Labute approximate surface area is 206 Å². The van der Waals surface area contributed by atoms with Crippen molar-refractivity contribution in [2.45, 2.75) is 37.1 Å². The molecule has 3 atom stereocenters. The van der Waals surface area contributed by atoms with E-state index in [1.54, 1.807) is 41.3 Å². The highest BCUT2D eigenvalue weighted by Crippen LogP contribution is 2.58. The number of carbonyl (C=O) groups is 3. The molecule has 2 amide bonds. The average Bonchev–Trinajstić information content (AvgIpc) is 3.57. The lowest BCUT2D eigenvalue weighted by molar-refractivity contribution is -0.161. The maximum atomic E-state index is 14.2. The number of anilines is 1. The van der Waals surface area contributed by atoms with Gasteiger partial charge in [0.1, 0.15) is 6.73 Å². The van der Waals surface area contributed by atoms with Crippen LogP contribution in [-0.2, 0) is 19.9 Å². The highest BCUT2D eigenvalue weighted by Gasteiger charge is 2.64. The zero-order chi connectivity index (χ0) is 24.2. The predicted octanol–water partition coefficient (Wildman–Crippen LogP) is 4.00. The normalized spacial score (nSPS) is 26.3. The molecule has 1 saturated carbocycles. The van der Waals surface area contributed by atoms with Crippen molar-refractivity contribution in [3.05, 3.63) is 63.6 Å². The standard InChI is InChI=1S/C25H24Cl2N2O5/c26-17-3-1-2-15(8-17)20-9-16(10-22(31)32)23(33)29(12-14-4-5-14)25(20)19-7-6-18(27)11-21(19)28(13-30)24(25)34/h1-3,6-8,11,14,16,20,30H,4-5,9-10,12-13H2,(H,31,32)/t16-,20?,25-/m0/s1. The van der Waals surface area contributed by atoms with Gasteiger partial charge in [-0.15, -0.1) is 0 Å². The van der Waals surface area contributed by atoms with Gasteiger partial charge >= 0.3 is 5.97 Å². The van der Waals surface area contributed by atoms with Crippen LogP contribution in [0.2, 0.25) is 10.0 Å². The minimum absolute atomic E-state index is 0.166. The lowest BCUT2D eigenvalue weighted by Crippen LogP contribution is -2.64. The molecule has 2 N–H and O–H groups in total. The van der Waals surface area contributed by atoms with Crippen molar-refractivity contribution >= 4 is 46.7 Å². The van der Waals surface area contributed by atoms with Crippen LogP contribution >= 0.6 is 23.2 Å². The number of aliphatic hydroxyl groups is 1. The fraction of sp³-hybridized carbons (Fsp3) is 0.400. The number of rotatable bonds is 6. The smallest absolute Gasteiger partial charge is 0.304 e. The first-order chi connectivity index (χ1) is 16.3. The Morgan fingerprint density at radius 2 is 1.82 bits per heavy atom. The van der Waals surface area contributed by atoms with Crippen molar-refractivity contribution in [1.82, 2.24) is 4.90 Å². The van der Waals surface area contributed by atoms with Gasteiger partial charge in [-0.25, -0.2) is 0 Å². The molecule has 9 heteroatoms. The Kier molecular flexibility index (Phi) is 5.82. The SMILES string of the molecule is O=C(O)C[C@@H]1CC(c2cccc(Cl)c2)[C@@]2(C(=O)N(CO)c3cc(Cl)ccc32)N(CC2CC2)C1=O. The number of aliphatic hydroxyl groups excluding tert-OH is 1. The molecule has 2 aromatic rings. The van der Waals surface area contributed by atoms with Crippen molar-refractivity contribution in [1.29, 1.82) is 0 Å². The van der Waals surface area contributed by atoms with Crippen LogP contribution in [0.25, 0.3) is 0 Å². The van der Waals surface area contributed by atoms with E-state index in [2.05, 4.69) is 0 Å². The molecular formula is C25H24Cl2N2O5. The van der Waals surface area contributed by atoms with Gasteiger partial charge < -0.3 is 15.1 Å². The van der Waals surface area contributed by atoms with E-state index in [9.17, 15) is 24.6 Å². The number of benzene rings is 2. The van der Waals surface area contributed by atoms with Crippen molar-refractivity contribution < 1.29 is 24.6 Å². The molecule has 5 rings (SSSR count). The third-order valence-electron chi connectivity index (χ3n) is 7.25. The van der Waals surface area contributed by atoms with Crippen LogP contribution in [-0.4, -0.2) is 46.2 Å². The lowest BCUT2D eigenvalue weighted by atomic mass is 9.66. The molecule has 3 aliphatic rings. The zero-order valence-electron chi connectivity index (χ0n) is 18.3. The number of amides is 2. The van der Waals surface area contributed by atoms with Crippen molar-refractivity contribution in [3.63, 3.8) is 0 Å². The molecule has 2 aromatic carbocycles. The van der Waals surface area contributed by atoms with E-state index in [1.165, 1.54) is 4.90 Å². The number of aliphatic carboxylic acids is 1. The van der Waals surface area contributed by atoms with Crippen LogP contribution in [0.5, 0.6) is 0 Å². The first-order valence-corrected chi connectivity index (χ1v) is 12.0. The molecule has 1 unspecified atom stereocenters. The Morgan fingerprint density at radius 3 is 2.47 bits per heavy atom. The number of fused-ring (bicyclic) bond motifs is 2. The molecular weight excluding hydrogens is 479 g/mol. The number of carboxylic acid groups (broad SMARTS) is 1. The van der Waals surface area contributed by atoms with E-state index in [-0.39, 0.29) is 24.7 Å². The van der Waals surface area contributed by atoms with Crippen LogP contribution in [0, 0.1) is 11.8 Å². The maximum Gasteiger partial charge on any atom is 0.304 e. The van der Waals surface area contributed by atoms with Gasteiger partial charge in [0.2, 0.25) is 5.91 Å². The van der Waals surface area contributed by atoms with Crippen LogP contribution in [0.3, 0.4) is 0 Å². The number of carboxylic acids is 1. The van der Waals surface area contributed by atoms with E-state index in [0.717, 1.165) is 18.4 Å². The van der Waals surface area contributed by atoms with Crippen LogP contribution in [0.15, 0.2) is 42.5 Å². The summed E-state index contributed by atoms with van der Waals surface area (Å²) >= 11 is 12.6. The second-order valence-corrected chi connectivity index (χ2v) is 10.2. The molecule has 2 aliphatic heterocycles. The zero-order valence-corrected chi connectivity index (χ0v) is 19.8. The second kappa shape index (κ2) is 8.56. The number of halogens is 2. The number of hydrogen-bond acceptors (Lipinski definition) is 4. The molecule has 1 saturated heterocycles. The molecule has 2 heterocycles. The number of nitrogens with zero attached hydrogens (tertiary/aromatic N) is 2. The van der Waals surface area contributed by atoms with Gasteiger partial charge in [-0.3, -0.25) is 19.3 Å². The van der Waals surface area contributed by atoms with Gasteiger partial charge in [-0.1, -0.05) is 41.4 Å². The summed E-state index contributed by atoms with van der Waals surface area (Å²) in [6.07, 6.45) is 1.73. The fourth-order valence-electron chi connectivity index (χ4n) is 5.63. The Hall–Kier alpha value is -2.61. The molecule has 0 bridgehead atoms. The van der Waals surface area contributed by atoms with Gasteiger partial charge in [0.25, 0.3) is 5.91 Å². The predicted molar refractivity (Wildman–Crippen MR) is 127 cm³/mol. The molecule has 178 valence electrons. The minimum Gasteiger partial charge on any atom is -0.481 e. The van der Waals surface area contributed by atoms with E-state index in [0.29, 0.717) is 27.8 Å². The lowest BCUT2D eigenvalue weighted by Gasteiger charge is -2.51. The minimum atomic E-state index is -1.43. The topological polar surface area (TPSA) is 98.2 Å². The molecule has 0 radical (unpaired) electrons. The average molecular weight is 503 g/mol. The summed E-state index contributed by atoms with van der Waals surface area (Å²) < 4.78 is 0. The first kappa shape index (κ1) is 23.1. The second-order valence-electron chi connectivity index (χ2n) is 9.33. The summed E-state index contributed by atoms with van der Waals surface area (Å²) in [5, 5.41) is 20.6. The molecule has 1 spiro atoms. The summed E-state index contributed by atoms with van der Waals surface area (Å²) in [5.74, 6) is -2.92. The molecule has 0 aromatic heterocycles. The molecule has 34 heavy (non-hydrogen) atoms. The maximum absolute atomic E-state index is 14.2. The van der Waals surface area contributed by atoms with Crippen molar-refractivity contribution in [2.75, 3.05) is 18.2 Å². The Balaban J connectivity index is 1.78.